The molecule has 0 radical (unpaired) electrons. The lowest BCUT2D eigenvalue weighted by molar-refractivity contribution is 0.0631. The van der Waals surface area contributed by atoms with Crippen molar-refractivity contribution >= 4 is 11.7 Å². The van der Waals surface area contributed by atoms with Crippen LogP contribution >= 0.6 is 0 Å². The van der Waals surface area contributed by atoms with Crippen LogP contribution in [0.1, 0.15) is 57.8 Å². The smallest absolute Gasteiger partial charge is 0.274 e. The number of nitrogens with one attached hydrogen (secondary N) is 1. The van der Waals surface area contributed by atoms with E-state index in [1.165, 1.54) is 0 Å². The standard InChI is InChI=1S/C21H25N3O3/c1-27-16-10-8-14(9-11-16)20(25)15-5-4-12-24(13-15)21(26)19-17-6-2-3-7-18(17)22-23-19/h8-11,15H,2-7,12-13H2,1H3,(H,22,23)/t15-/m0/s1. The highest BCUT2D eigenvalue weighted by atomic mass is 16.5. The molecule has 6 nitrogen and oxygen atoms in total. The summed E-state index contributed by atoms with van der Waals surface area (Å²) in [5, 5.41) is 7.35. The maximum absolute atomic E-state index is 13.0. The van der Waals surface area contributed by atoms with Crippen LogP contribution in [0, 0.1) is 5.92 Å². The number of Topliss-reactive ketones (excluding diaryl/α,β-unsaturated/α-hetero) is 1. The first kappa shape index (κ1) is 17.8. The third-order valence-electron chi connectivity index (χ3n) is 5.71. The van der Waals surface area contributed by atoms with E-state index in [1.807, 2.05) is 0 Å². The van der Waals surface area contributed by atoms with Crippen LogP contribution in [0.4, 0.5) is 0 Å². The van der Waals surface area contributed by atoms with Gasteiger partial charge < -0.3 is 9.64 Å². The van der Waals surface area contributed by atoms with Gasteiger partial charge in [0.25, 0.3) is 5.91 Å². The molecule has 4 rings (SSSR count). The molecule has 0 saturated carbocycles. The van der Waals surface area contributed by atoms with Crippen LogP contribution in [-0.2, 0) is 12.8 Å². The zero-order chi connectivity index (χ0) is 18.8. The highest BCUT2D eigenvalue weighted by Gasteiger charge is 2.32. The molecule has 142 valence electrons. The molecule has 1 aliphatic carbocycles. The number of aromatic amines is 1. The number of aromatic nitrogens is 2. The Balaban J connectivity index is 1.48. The number of methoxy groups -OCH3 is 1. The van der Waals surface area contributed by atoms with E-state index in [1.54, 1.807) is 36.3 Å². The third kappa shape index (κ3) is 3.48. The summed E-state index contributed by atoms with van der Waals surface area (Å²) in [6.45, 7) is 1.15. The maximum Gasteiger partial charge on any atom is 0.274 e. The second kappa shape index (κ2) is 7.55. The lowest BCUT2D eigenvalue weighted by atomic mass is 9.89. The van der Waals surface area contributed by atoms with Gasteiger partial charge in [-0.25, -0.2) is 0 Å². The van der Waals surface area contributed by atoms with Gasteiger partial charge in [-0.2, -0.15) is 5.10 Å². The number of nitrogens with zero attached hydrogens (tertiary/aromatic N) is 2. The van der Waals surface area contributed by atoms with Crippen molar-refractivity contribution < 1.29 is 14.3 Å². The van der Waals surface area contributed by atoms with E-state index in [0.717, 1.165) is 55.5 Å². The number of carbonyl (C=O) groups excluding carboxylic acids is 2. The van der Waals surface area contributed by atoms with E-state index in [9.17, 15) is 9.59 Å². The first-order valence-electron chi connectivity index (χ1n) is 9.71. The minimum Gasteiger partial charge on any atom is -0.497 e. The molecule has 1 saturated heterocycles. The molecule has 1 aromatic heterocycles. The van der Waals surface area contributed by atoms with Gasteiger partial charge in [0.2, 0.25) is 0 Å². The van der Waals surface area contributed by atoms with E-state index in [-0.39, 0.29) is 17.6 Å². The minimum atomic E-state index is -0.161. The van der Waals surface area contributed by atoms with Gasteiger partial charge in [0, 0.05) is 35.8 Å². The number of aryl methyl sites for hydroxylation is 1. The summed E-state index contributed by atoms with van der Waals surface area (Å²) in [7, 11) is 1.61. The Morgan fingerprint density at radius 2 is 1.93 bits per heavy atom. The molecule has 2 aliphatic rings. The number of carbonyl (C=O) groups is 2. The molecule has 1 aromatic carbocycles. The number of likely N-dealkylation sites (tertiary alicyclic amines) is 1. The number of H-pyrrole nitrogens is 1. The number of ketones is 1. The van der Waals surface area contributed by atoms with Gasteiger partial charge in [-0.3, -0.25) is 14.7 Å². The van der Waals surface area contributed by atoms with Gasteiger partial charge in [0.15, 0.2) is 11.5 Å². The van der Waals surface area contributed by atoms with Crippen LogP contribution in [-0.4, -0.2) is 47.0 Å². The topological polar surface area (TPSA) is 75.3 Å². The molecule has 2 aromatic rings. The molecule has 0 bridgehead atoms. The Labute approximate surface area is 158 Å². The fraction of sp³-hybridized carbons (Fsp3) is 0.476. The summed E-state index contributed by atoms with van der Waals surface area (Å²) in [5.41, 5.74) is 3.41. The van der Waals surface area contributed by atoms with Crippen LogP contribution in [0.3, 0.4) is 0 Å². The number of ether oxygens (including phenoxy) is 1. The Bertz CT molecular complexity index is 841. The Kier molecular flexibility index (Phi) is 4.97. The molecule has 2 heterocycles. The van der Waals surface area contributed by atoms with Crippen LogP contribution in [0.15, 0.2) is 24.3 Å². The maximum atomic E-state index is 13.0. The summed E-state index contributed by atoms with van der Waals surface area (Å²) in [6, 6.07) is 7.20. The van der Waals surface area contributed by atoms with Gasteiger partial charge >= 0.3 is 0 Å². The lowest BCUT2D eigenvalue weighted by Crippen LogP contribution is -2.42. The van der Waals surface area contributed by atoms with Crippen molar-refractivity contribution in [1.82, 2.24) is 15.1 Å². The normalized spacial score (nSPS) is 19.4. The monoisotopic (exact) mass is 367 g/mol. The largest absolute Gasteiger partial charge is 0.497 e. The second-order valence-corrected chi connectivity index (χ2v) is 7.42. The van der Waals surface area contributed by atoms with Crippen LogP contribution < -0.4 is 4.74 Å². The lowest BCUT2D eigenvalue weighted by Gasteiger charge is -2.32. The Morgan fingerprint density at radius 1 is 1.15 bits per heavy atom. The summed E-state index contributed by atoms with van der Waals surface area (Å²) in [4.78, 5) is 27.7. The number of hydrogen-bond acceptors (Lipinski definition) is 4. The Morgan fingerprint density at radius 3 is 2.70 bits per heavy atom. The van der Waals surface area contributed by atoms with Crippen molar-refractivity contribution in [3.8, 4) is 5.75 Å². The van der Waals surface area contributed by atoms with Gasteiger partial charge in [0.1, 0.15) is 5.75 Å². The number of benzene rings is 1. The number of amides is 1. The minimum absolute atomic E-state index is 0.0402. The van der Waals surface area contributed by atoms with Crippen molar-refractivity contribution in [3.05, 3.63) is 46.8 Å². The zero-order valence-corrected chi connectivity index (χ0v) is 15.7. The summed E-state index contributed by atoms with van der Waals surface area (Å²) >= 11 is 0. The highest BCUT2D eigenvalue weighted by molar-refractivity contribution is 5.99. The molecule has 27 heavy (non-hydrogen) atoms. The molecule has 1 aliphatic heterocycles. The highest BCUT2D eigenvalue weighted by Crippen LogP contribution is 2.26. The molecular formula is C21H25N3O3. The fourth-order valence-corrected chi connectivity index (χ4v) is 4.17. The molecule has 1 amide bonds. The predicted molar refractivity (Wildman–Crippen MR) is 101 cm³/mol. The van der Waals surface area contributed by atoms with Gasteiger partial charge in [-0.05, 0) is 62.8 Å². The molecule has 0 spiro atoms. The number of fused-ring (bicyclic) bond motifs is 1. The predicted octanol–water partition coefficient (Wildman–Crippen LogP) is 3.03. The van der Waals surface area contributed by atoms with E-state index in [2.05, 4.69) is 10.2 Å². The number of rotatable bonds is 4. The molecule has 1 atom stereocenters. The van der Waals surface area contributed by atoms with Crippen molar-refractivity contribution in [2.75, 3.05) is 20.2 Å². The van der Waals surface area contributed by atoms with E-state index in [4.69, 9.17) is 4.74 Å². The van der Waals surface area contributed by atoms with E-state index in [0.29, 0.717) is 24.3 Å². The van der Waals surface area contributed by atoms with E-state index < -0.39 is 0 Å². The zero-order valence-electron chi connectivity index (χ0n) is 15.7. The number of hydrogen-bond donors (Lipinski definition) is 1. The quantitative estimate of drug-likeness (QED) is 0.843. The van der Waals surface area contributed by atoms with Gasteiger partial charge in [0.05, 0.1) is 7.11 Å². The van der Waals surface area contributed by atoms with Gasteiger partial charge in [-0.15, -0.1) is 0 Å². The fourth-order valence-electron chi connectivity index (χ4n) is 4.17. The van der Waals surface area contributed by atoms with Crippen molar-refractivity contribution in [3.63, 3.8) is 0 Å². The molecule has 1 fully saturated rings. The van der Waals surface area contributed by atoms with Gasteiger partial charge in [-0.1, -0.05) is 0 Å². The first-order chi connectivity index (χ1) is 13.2. The van der Waals surface area contributed by atoms with Crippen LogP contribution in [0.5, 0.6) is 5.75 Å². The Hall–Kier alpha value is -2.63. The van der Waals surface area contributed by atoms with E-state index >= 15 is 0 Å². The van der Waals surface area contributed by atoms with Crippen molar-refractivity contribution in [2.24, 2.45) is 5.92 Å². The third-order valence-corrected chi connectivity index (χ3v) is 5.71. The molecular weight excluding hydrogens is 342 g/mol. The first-order valence-corrected chi connectivity index (χ1v) is 9.71. The average molecular weight is 367 g/mol. The molecule has 0 unspecified atom stereocenters. The SMILES string of the molecule is COc1ccc(C(=O)[C@H]2CCCN(C(=O)c3n[nH]c4c3CCCC4)C2)cc1. The average Bonchev–Trinajstić information content (AvgIpc) is 3.17. The van der Waals surface area contributed by atoms with Crippen LogP contribution in [0.25, 0.3) is 0 Å². The summed E-state index contributed by atoms with van der Waals surface area (Å²) < 4.78 is 5.16. The molecule has 1 N–H and O–H groups in total. The summed E-state index contributed by atoms with van der Waals surface area (Å²) in [5.74, 6) is 0.627. The van der Waals surface area contributed by atoms with Crippen molar-refractivity contribution in [1.29, 1.82) is 0 Å². The number of piperidine rings is 1. The van der Waals surface area contributed by atoms with Crippen molar-refractivity contribution in [2.45, 2.75) is 38.5 Å². The molecule has 6 heteroatoms. The second-order valence-electron chi connectivity index (χ2n) is 7.42. The summed E-state index contributed by atoms with van der Waals surface area (Å²) in [6.07, 6.45) is 5.78. The van der Waals surface area contributed by atoms with Crippen LogP contribution in [0.2, 0.25) is 0 Å².